The summed E-state index contributed by atoms with van der Waals surface area (Å²) in [6, 6.07) is 7.00. The first-order valence-electron chi connectivity index (χ1n) is 4.27. The number of halogens is 1. The van der Waals surface area contributed by atoms with Crippen molar-refractivity contribution in [2.75, 3.05) is 0 Å². The molecule has 0 spiro atoms. The van der Waals surface area contributed by atoms with E-state index in [1.807, 2.05) is 0 Å². The Morgan fingerprint density at radius 2 is 2.20 bits per heavy atom. The summed E-state index contributed by atoms with van der Waals surface area (Å²) in [5, 5.41) is 1.46. The summed E-state index contributed by atoms with van der Waals surface area (Å²) in [6.45, 7) is 0. The van der Waals surface area contributed by atoms with Gasteiger partial charge < -0.3 is 0 Å². The van der Waals surface area contributed by atoms with Gasteiger partial charge in [0, 0.05) is 16.6 Å². The zero-order chi connectivity index (χ0) is 10.8. The topological polar surface area (TPSA) is 68.0 Å². The quantitative estimate of drug-likeness (QED) is 0.436. The van der Waals surface area contributed by atoms with Crippen molar-refractivity contribution in [3.05, 3.63) is 41.0 Å². The molecule has 4 nitrogen and oxygen atoms in total. The minimum absolute atomic E-state index is 0.362. The number of benzene rings is 1. The number of carbonyl (C=O) groups is 1. The number of pyridine rings is 1. The maximum absolute atomic E-state index is 11.2. The van der Waals surface area contributed by atoms with E-state index in [0.717, 1.165) is 10.9 Å². The maximum atomic E-state index is 11.2. The van der Waals surface area contributed by atoms with Gasteiger partial charge in [-0.3, -0.25) is 15.2 Å². The highest BCUT2D eigenvalue weighted by atomic mass is 35.5. The van der Waals surface area contributed by atoms with Crippen molar-refractivity contribution >= 4 is 28.4 Å². The Morgan fingerprint density at radius 3 is 2.93 bits per heavy atom. The lowest BCUT2D eigenvalue weighted by Crippen LogP contribution is -2.30. The molecule has 2 rings (SSSR count). The molecule has 3 N–H and O–H groups in total. The van der Waals surface area contributed by atoms with Crippen LogP contribution in [0.1, 0.15) is 10.4 Å². The number of amides is 1. The predicted molar refractivity (Wildman–Crippen MR) is 58.4 cm³/mol. The van der Waals surface area contributed by atoms with Crippen LogP contribution in [0.5, 0.6) is 0 Å². The number of aromatic nitrogens is 1. The minimum Gasteiger partial charge on any atom is -0.290 e. The van der Waals surface area contributed by atoms with Gasteiger partial charge in [0.15, 0.2) is 0 Å². The van der Waals surface area contributed by atoms with Gasteiger partial charge in [-0.15, -0.1) is 0 Å². The molecule has 1 amide bonds. The van der Waals surface area contributed by atoms with E-state index in [-0.39, 0.29) is 5.91 Å². The summed E-state index contributed by atoms with van der Waals surface area (Å²) in [7, 11) is 0. The first-order chi connectivity index (χ1) is 7.20. The van der Waals surface area contributed by atoms with Gasteiger partial charge >= 0.3 is 0 Å². The third kappa shape index (κ3) is 1.91. The number of nitrogens with zero attached hydrogens (tertiary/aromatic N) is 1. The Hall–Kier alpha value is -1.65. The molecule has 0 bridgehead atoms. The van der Waals surface area contributed by atoms with Gasteiger partial charge in [-0.1, -0.05) is 17.7 Å². The SMILES string of the molecule is NNC(=O)c1cnc2cc(Cl)ccc2c1. The molecule has 0 unspecified atom stereocenters. The molecule has 0 aliphatic carbocycles. The Bertz CT molecular complexity index is 527. The van der Waals surface area contributed by atoms with Crippen molar-refractivity contribution in [3.63, 3.8) is 0 Å². The molecule has 0 atom stereocenters. The molecule has 0 aliphatic heterocycles. The van der Waals surface area contributed by atoms with E-state index in [2.05, 4.69) is 10.4 Å². The number of nitrogen functional groups attached to an aromatic ring is 1. The van der Waals surface area contributed by atoms with Crippen LogP contribution >= 0.6 is 11.6 Å². The number of nitrogens with two attached hydrogens (primary N) is 1. The summed E-state index contributed by atoms with van der Waals surface area (Å²) in [4.78, 5) is 15.3. The van der Waals surface area contributed by atoms with Gasteiger partial charge in [-0.2, -0.15) is 0 Å². The number of rotatable bonds is 1. The normalized spacial score (nSPS) is 10.3. The van der Waals surface area contributed by atoms with Gasteiger partial charge in [-0.25, -0.2) is 5.84 Å². The van der Waals surface area contributed by atoms with Crippen molar-refractivity contribution in [2.45, 2.75) is 0 Å². The highest BCUT2D eigenvalue weighted by Gasteiger charge is 2.05. The zero-order valence-corrected chi connectivity index (χ0v) is 8.45. The van der Waals surface area contributed by atoms with Gasteiger partial charge in [0.25, 0.3) is 5.91 Å². The van der Waals surface area contributed by atoms with Crippen molar-refractivity contribution in [3.8, 4) is 0 Å². The van der Waals surface area contributed by atoms with E-state index in [9.17, 15) is 4.79 Å². The van der Waals surface area contributed by atoms with E-state index < -0.39 is 0 Å². The van der Waals surface area contributed by atoms with E-state index in [0.29, 0.717) is 10.6 Å². The third-order valence-electron chi connectivity index (χ3n) is 2.04. The number of fused-ring (bicyclic) bond motifs is 1. The van der Waals surface area contributed by atoms with Gasteiger partial charge in [0.1, 0.15) is 0 Å². The van der Waals surface area contributed by atoms with Crippen LogP contribution in [0, 0.1) is 0 Å². The molecule has 0 aliphatic rings. The van der Waals surface area contributed by atoms with Crippen LogP contribution in [-0.2, 0) is 0 Å². The zero-order valence-electron chi connectivity index (χ0n) is 7.70. The van der Waals surface area contributed by atoms with Crippen LogP contribution in [0.4, 0.5) is 0 Å². The highest BCUT2D eigenvalue weighted by molar-refractivity contribution is 6.31. The highest BCUT2D eigenvalue weighted by Crippen LogP contribution is 2.18. The molecule has 0 saturated carbocycles. The molecule has 15 heavy (non-hydrogen) atoms. The fourth-order valence-electron chi connectivity index (χ4n) is 1.30. The van der Waals surface area contributed by atoms with Crippen LogP contribution in [-0.4, -0.2) is 10.9 Å². The molecular formula is C10H8ClN3O. The van der Waals surface area contributed by atoms with Crippen LogP contribution in [0.15, 0.2) is 30.5 Å². The molecule has 1 aromatic heterocycles. The Labute approximate surface area is 91.0 Å². The summed E-state index contributed by atoms with van der Waals surface area (Å²) < 4.78 is 0. The van der Waals surface area contributed by atoms with Crippen molar-refractivity contribution in [1.29, 1.82) is 0 Å². The summed E-state index contributed by atoms with van der Waals surface area (Å²) >= 11 is 5.81. The lowest BCUT2D eigenvalue weighted by atomic mass is 10.1. The second-order valence-corrected chi connectivity index (χ2v) is 3.47. The van der Waals surface area contributed by atoms with E-state index in [1.54, 1.807) is 24.3 Å². The molecular weight excluding hydrogens is 214 g/mol. The Kier molecular flexibility index (Phi) is 2.53. The largest absolute Gasteiger partial charge is 0.290 e. The average Bonchev–Trinajstić information content (AvgIpc) is 2.27. The summed E-state index contributed by atoms with van der Waals surface area (Å²) in [6.07, 6.45) is 1.46. The van der Waals surface area contributed by atoms with E-state index in [1.165, 1.54) is 6.20 Å². The first kappa shape index (κ1) is 9.89. The van der Waals surface area contributed by atoms with Gasteiger partial charge in [0.05, 0.1) is 11.1 Å². The molecule has 1 heterocycles. The second-order valence-electron chi connectivity index (χ2n) is 3.03. The predicted octanol–water partition coefficient (Wildman–Crippen LogP) is 1.49. The molecule has 2 aromatic rings. The molecule has 1 aromatic carbocycles. The first-order valence-corrected chi connectivity index (χ1v) is 4.65. The second kappa shape index (κ2) is 3.84. The average molecular weight is 222 g/mol. The number of hydrogen-bond donors (Lipinski definition) is 2. The monoisotopic (exact) mass is 221 g/mol. The Balaban J connectivity index is 2.57. The maximum Gasteiger partial charge on any atom is 0.266 e. The standard InChI is InChI=1S/C10H8ClN3O/c11-8-2-1-6-3-7(10(15)14-12)5-13-9(6)4-8/h1-5H,12H2,(H,14,15). The summed E-state index contributed by atoms with van der Waals surface area (Å²) in [5.41, 5.74) is 3.22. The third-order valence-corrected chi connectivity index (χ3v) is 2.27. The Morgan fingerprint density at radius 1 is 1.40 bits per heavy atom. The van der Waals surface area contributed by atoms with E-state index >= 15 is 0 Å². The van der Waals surface area contributed by atoms with Crippen LogP contribution in [0.2, 0.25) is 5.02 Å². The lowest BCUT2D eigenvalue weighted by Gasteiger charge is -2.01. The number of hydrazine groups is 1. The van der Waals surface area contributed by atoms with Crippen molar-refractivity contribution in [2.24, 2.45) is 5.84 Å². The van der Waals surface area contributed by atoms with Gasteiger partial charge in [0.2, 0.25) is 0 Å². The van der Waals surface area contributed by atoms with Crippen molar-refractivity contribution < 1.29 is 4.79 Å². The fourth-order valence-corrected chi connectivity index (χ4v) is 1.47. The smallest absolute Gasteiger partial charge is 0.266 e. The van der Waals surface area contributed by atoms with Crippen LogP contribution in [0.25, 0.3) is 10.9 Å². The van der Waals surface area contributed by atoms with Crippen LogP contribution < -0.4 is 11.3 Å². The number of hydrogen-bond acceptors (Lipinski definition) is 3. The minimum atomic E-state index is -0.362. The molecule has 0 fully saturated rings. The number of carbonyl (C=O) groups excluding carboxylic acids is 1. The van der Waals surface area contributed by atoms with Crippen molar-refractivity contribution in [1.82, 2.24) is 10.4 Å². The molecule has 0 radical (unpaired) electrons. The molecule has 76 valence electrons. The fraction of sp³-hybridized carbons (Fsp3) is 0. The lowest BCUT2D eigenvalue weighted by molar-refractivity contribution is 0.0953. The van der Waals surface area contributed by atoms with E-state index in [4.69, 9.17) is 17.4 Å². The van der Waals surface area contributed by atoms with Gasteiger partial charge in [-0.05, 0) is 18.2 Å². The number of nitrogens with one attached hydrogen (secondary N) is 1. The molecule has 5 heteroatoms. The van der Waals surface area contributed by atoms with Crippen LogP contribution in [0.3, 0.4) is 0 Å². The molecule has 0 saturated heterocycles. The summed E-state index contributed by atoms with van der Waals surface area (Å²) in [5.74, 6) is 4.66.